The first-order valence-electron chi connectivity index (χ1n) is 6.18. The maximum atomic E-state index is 9.74. The molecule has 2 aromatic carbocycles. The molecular weight excluding hydrogens is 453 g/mol. The number of aromatic nitrogens is 2. The van der Waals surface area contributed by atoms with E-state index in [-0.39, 0.29) is 0 Å². The Hall–Kier alpha value is -1.93. The molecule has 2 heterocycles. The van der Waals surface area contributed by atoms with Gasteiger partial charge in [0.05, 0.1) is 11.0 Å². The molecule has 2 aromatic heterocycles. The molecule has 0 aliphatic heterocycles. The van der Waals surface area contributed by atoms with Gasteiger partial charge in [-0.15, -0.1) is 0 Å². The molecule has 0 spiro atoms. The summed E-state index contributed by atoms with van der Waals surface area (Å²) in [6, 6.07) is 16.6. The van der Waals surface area contributed by atoms with Gasteiger partial charge in [-0.3, -0.25) is 9.97 Å². The number of pyridine rings is 2. The fourth-order valence-electron chi connectivity index (χ4n) is 2.49. The maximum Gasteiger partial charge on any atom is 0.0802 e. The van der Waals surface area contributed by atoms with Crippen molar-refractivity contribution < 1.29 is 25.9 Å². The van der Waals surface area contributed by atoms with Crippen LogP contribution in [0.3, 0.4) is 0 Å². The summed E-state index contributed by atoms with van der Waals surface area (Å²) in [6.07, 6.45) is 3.67. The predicted molar refractivity (Wildman–Crippen MR) is 76.8 cm³/mol. The molecule has 0 amide bonds. The third-order valence-electron chi connectivity index (χ3n) is 3.33. The van der Waals surface area contributed by atoms with Gasteiger partial charge in [0.1, 0.15) is 0 Å². The predicted octanol–water partition coefficient (Wildman–Crippen LogP) is 4.77. The summed E-state index contributed by atoms with van der Waals surface area (Å²) >= 11 is -2.42. The number of hydrogen-bond donors (Lipinski definition) is 0. The number of nitrogens with zero attached hydrogens (tertiary/aromatic N) is 2. The summed E-state index contributed by atoms with van der Waals surface area (Å²) in [4.78, 5) is 9.04. The van der Waals surface area contributed by atoms with Crippen molar-refractivity contribution in [1.29, 1.82) is 0 Å². The van der Waals surface area contributed by atoms with E-state index >= 15 is 0 Å². The Morgan fingerprint density at radius 3 is 1.57 bits per heavy atom. The molecule has 4 rings (SSSR count). The maximum absolute atomic E-state index is 9.74. The molecule has 5 heteroatoms. The van der Waals surface area contributed by atoms with Gasteiger partial charge in [-0.2, -0.15) is 0 Å². The molecule has 0 N–H and O–H groups in total. The molecular formula is C16H10F2N2Pt. The molecule has 21 heavy (non-hydrogen) atoms. The molecule has 0 atom stereocenters. The monoisotopic (exact) mass is 463 g/mol. The minimum Gasteiger partial charge on any atom is -0.256 e. The van der Waals surface area contributed by atoms with Crippen LogP contribution in [0.25, 0.3) is 32.6 Å². The standard InChI is InChI=1S/C16H10N2.2FH.Pt/c1-3-12-7-5-11-6-8-13-4-2-10-18-16(13)14(11)15(12)17-9-1;;;/h1-10H;2*1H;/q;;;+2/p-2. The number of benzene rings is 2. The van der Waals surface area contributed by atoms with Crippen molar-refractivity contribution in [3.8, 4) is 0 Å². The van der Waals surface area contributed by atoms with E-state index in [1.807, 2.05) is 24.5 Å². The molecule has 0 bridgehead atoms. The van der Waals surface area contributed by atoms with Crippen LogP contribution in [0.15, 0.2) is 60.9 Å². The molecule has 0 unspecified atom stereocenters. The summed E-state index contributed by atoms with van der Waals surface area (Å²) in [7, 11) is 0. The number of fused-ring (bicyclic) bond motifs is 5. The second kappa shape index (κ2) is 6.23. The summed E-state index contributed by atoms with van der Waals surface area (Å²) in [5.74, 6) is 0. The van der Waals surface area contributed by atoms with Gasteiger partial charge in [0, 0.05) is 28.6 Å². The number of rotatable bonds is 0. The van der Waals surface area contributed by atoms with E-state index in [1.54, 1.807) is 0 Å². The zero-order valence-corrected chi connectivity index (χ0v) is 13.0. The van der Waals surface area contributed by atoms with E-state index < -0.39 is 19.6 Å². The van der Waals surface area contributed by atoms with E-state index in [1.165, 1.54) is 5.39 Å². The molecule has 0 saturated heterocycles. The summed E-state index contributed by atoms with van der Waals surface area (Å²) in [5.41, 5.74) is 2.05. The molecule has 0 aliphatic rings. The summed E-state index contributed by atoms with van der Waals surface area (Å²) in [5, 5.41) is 4.64. The van der Waals surface area contributed by atoms with Crippen LogP contribution < -0.4 is 0 Å². The van der Waals surface area contributed by atoms with E-state index in [0.717, 1.165) is 27.2 Å². The van der Waals surface area contributed by atoms with Crippen molar-refractivity contribution in [2.75, 3.05) is 0 Å². The molecule has 0 aliphatic carbocycles. The second-order valence-corrected chi connectivity index (χ2v) is 4.75. The molecule has 108 valence electrons. The van der Waals surface area contributed by atoms with Crippen LogP contribution in [-0.4, -0.2) is 9.97 Å². The van der Waals surface area contributed by atoms with Crippen molar-refractivity contribution >= 4 is 32.6 Å². The van der Waals surface area contributed by atoms with Crippen LogP contribution in [0.2, 0.25) is 0 Å². The van der Waals surface area contributed by atoms with E-state index in [0.29, 0.717) is 0 Å². The Bertz CT molecular complexity index is 841. The molecule has 0 fully saturated rings. The third-order valence-corrected chi connectivity index (χ3v) is 3.33. The van der Waals surface area contributed by atoms with Gasteiger partial charge < -0.3 is 0 Å². The Labute approximate surface area is 129 Å². The van der Waals surface area contributed by atoms with Crippen LogP contribution in [-0.2, 0) is 19.6 Å². The molecule has 0 saturated carbocycles. The average Bonchev–Trinajstić information content (AvgIpc) is 2.55. The largest absolute Gasteiger partial charge is 0.256 e. The van der Waals surface area contributed by atoms with Gasteiger partial charge >= 0.3 is 25.9 Å². The van der Waals surface area contributed by atoms with Gasteiger partial charge in [-0.1, -0.05) is 36.4 Å². The minimum atomic E-state index is -2.42. The fraction of sp³-hybridized carbons (Fsp3) is 0. The van der Waals surface area contributed by atoms with E-state index in [9.17, 15) is 6.32 Å². The third kappa shape index (κ3) is 2.64. The van der Waals surface area contributed by atoms with Crippen molar-refractivity contribution in [3.05, 3.63) is 60.9 Å². The second-order valence-electron chi connectivity index (χ2n) is 4.42. The minimum absolute atomic E-state index is 1.03. The van der Waals surface area contributed by atoms with Crippen molar-refractivity contribution in [2.24, 2.45) is 0 Å². The molecule has 2 nitrogen and oxygen atoms in total. The summed E-state index contributed by atoms with van der Waals surface area (Å²) < 4.78 is 19.5. The first-order valence-corrected chi connectivity index (χ1v) is 7.90. The van der Waals surface area contributed by atoms with Crippen LogP contribution in [0.4, 0.5) is 6.32 Å². The summed E-state index contributed by atoms with van der Waals surface area (Å²) in [6.45, 7) is 0. The van der Waals surface area contributed by atoms with E-state index in [2.05, 4.69) is 46.4 Å². The van der Waals surface area contributed by atoms with Crippen molar-refractivity contribution in [2.45, 2.75) is 0 Å². The van der Waals surface area contributed by atoms with Gasteiger partial charge in [0.2, 0.25) is 0 Å². The number of hydrogen-bond acceptors (Lipinski definition) is 2. The molecule has 4 aromatic rings. The van der Waals surface area contributed by atoms with Gasteiger partial charge in [-0.05, 0) is 17.5 Å². The average molecular weight is 463 g/mol. The van der Waals surface area contributed by atoms with Crippen LogP contribution in [0.1, 0.15) is 0 Å². The topological polar surface area (TPSA) is 25.8 Å². The van der Waals surface area contributed by atoms with Crippen molar-refractivity contribution in [1.82, 2.24) is 9.97 Å². The first-order chi connectivity index (χ1) is 10.3. The van der Waals surface area contributed by atoms with Gasteiger partial charge in [0.25, 0.3) is 0 Å². The normalized spacial score (nSPS) is 10.8. The first kappa shape index (κ1) is 14.0. The molecule has 0 radical (unpaired) electrons. The Morgan fingerprint density at radius 2 is 1.10 bits per heavy atom. The van der Waals surface area contributed by atoms with Crippen LogP contribution in [0.5, 0.6) is 0 Å². The Balaban J connectivity index is 0.000000409. The van der Waals surface area contributed by atoms with Crippen LogP contribution in [0, 0.1) is 0 Å². The van der Waals surface area contributed by atoms with Gasteiger partial charge in [-0.25, -0.2) is 0 Å². The van der Waals surface area contributed by atoms with Crippen LogP contribution >= 0.6 is 0 Å². The van der Waals surface area contributed by atoms with E-state index in [4.69, 9.17) is 0 Å². The fourth-order valence-corrected chi connectivity index (χ4v) is 2.49. The SMILES string of the molecule is [F][Pt][F].c1cnc2c(c1)ccc1ccc3cccnc3c12. The number of halogens is 2. The Morgan fingerprint density at radius 1 is 0.667 bits per heavy atom. The quantitative estimate of drug-likeness (QED) is 0.351. The zero-order chi connectivity index (χ0) is 14.7. The van der Waals surface area contributed by atoms with Gasteiger partial charge in [0.15, 0.2) is 0 Å². The zero-order valence-electron chi connectivity index (χ0n) is 10.7. The van der Waals surface area contributed by atoms with Crippen molar-refractivity contribution in [3.63, 3.8) is 0 Å². The smallest absolute Gasteiger partial charge is 0.0802 e. The Kier molecular flexibility index (Phi) is 4.16.